The maximum absolute atomic E-state index is 4.01. The van der Waals surface area contributed by atoms with E-state index in [0.717, 1.165) is 27.2 Å². The summed E-state index contributed by atoms with van der Waals surface area (Å²) in [5, 5.41) is 2.06. The molecule has 0 unspecified atom stereocenters. The highest BCUT2D eigenvalue weighted by molar-refractivity contribution is 5.59. The van der Waals surface area contributed by atoms with Gasteiger partial charge in [-0.2, -0.15) is 0 Å². The highest BCUT2D eigenvalue weighted by atomic mass is 14.0. The lowest BCUT2D eigenvalue weighted by molar-refractivity contribution is 1.50. The molecule has 0 atom stereocenters. The monoisotopic (exact) mass is 222 g/mol. The lowest BCUT2D eigenvalue weighted by Crippen LogP contribution is -2.21. The molecule has 0 amide bonds. The van der Waals surface area contributed by atoms with Crippen LogP contribution in [-0.4, -0.2) is 0 Å². The van der Waals surface area contributed by atoms with E-state index in [1.54, 1.807) is 0 Å². The fourth-order valence-corrected chi connectivity index (χ4v) is 1.31. The van der Waals surface area contributed by atoms with Crippen LogP contribution in [0.2, 0.25) is 0 Å². The summed E-state index contributed by atoms with van der Waals surface area (Å²) < 4.78 is 0. The van der Waals surface area contributed by atoms with Crippen molar-refractivity contribution in [2.45, 2.75) is 6.92 Å². The van der Waals surface area contributed by atoms with Crippen LogP contribution in [0, 0.1) is 0 Å². The van der Waals surface area contributed by atoms with E-state index < -0.39 is 0 Å². The maximum atomic E-state index is 4.01. The molecule has 0 aromatic heterocycles. The molecule has 0 radical (unpaired) electrons. The van der Waals surface area contributed by atoms with Crippen LogP contribution < -0.4 is 10.4 Å². The smallest absolute Gasteiger partial charge is 0.0184 e. The lowest BCUT2D eigenvalue weighted by atomic mass is 10.1. The van der Waals surface area contributed by atoms with E-state index in [2.05, 4.69) is 26.3 Å². The fraction of sp³-hybridized carbons (Fsp3) is 0.0588. The first kappa shape index (κ1) is 13.0. The zero-order chi connectivity index (χ0) is 12.8. The van der Waals surface area contributed by atoms with E-state index in [1.165, 1.54) is 0 Å². The molecule has 0 heteroatoms. The summed E-state index contributed by atoms with van der Waals surface area (Å²) in [6.07, 6.45) is 5.84. The topological polar surface area (TPSA) is 0 Å². The minimum Gasteiger partial charge on any atom is -0.0961 e. The van der Waals surface area contributed by atoms with Gasteiger partial charge in [0.15, 0.2) is 0 Å². The number of allylic oxidation sites excluding steroid dienone is 5. The summed E-state index contributed by atoms with van der Waals surface area (Å²) >= 11 is 0. The molecule has 0 saturated carbocycles. The summed E-state index contributed by atoms with van der Waals surface area (Å²) in [7, 11) is 0. The minimum atomic E-state index is 0.885. The van der Waals surface area contributed by atoms with Gasteiger partial charge in [0.2, 0.25) is 0 Å². The standard InChI is InChI=1S/C17H18/c1-13(2)10-11-14(3)16(5)12-17-9-7-6-8-15(17)4/h6-12H,1,3-5H2,2H3/b11-10-,17-12-. The van der Waals surface area contributed by atoms with Gasteiger partial charge < -0.3 is 0 Å². The fourth-order valence-electron chi connectivity index (χ4n) is 1.31. The Morgan fingerprint density at radius 1 is 1.00 bits per heavy atom. The third kappa shape index (κ3) is 4.12. The SMILES string of the molecule is C=C(C)/C=C\C(=C)C(=C)/C=c1/ccccc1=C. The molecule has 0 aliphatic heterocycles. The van der Waals surface area contributed by atoms with E-state index in [1.807, 2.05) is 49.4 Å². The molecule has 0 nitrogen and oxygen atoms in total. The molecule has 0 bridgehead atoms. The van der Waals surface area contributed by atoms with Crippen LogP contribution in [0.5, 0.6) is 0 Å². The van der Waals surface area contributed by atoms with Gasteiger partial charge in [-0.15, -0.1) is 0 Å². The van der Waals surface area contributed by atoms with Gasteiger partial charge in [-0.1, -0.05) is 68.3 Å². The maximum Gasteiger partial charge on any atom is -0.0184 e. The van der Waals surface area contributed by atoms with Crippen LogP contribution in [0.25, 0.3) is 12.7 Å². The second-order valence-electron chi connectivity index (χ2n) is 4.07. The Morgan fingerprint density at radius 2 is 1.65 bits per heavy atom. The van der Waals surface area contributed by atoms with Crippen molar-refractivity contribution in [1.29, 1.82) is 0 Å². The molecule has 0 aliphatic carbocycles. The van der Waals surface area contributed by atoms with Crippen LogP contribution in [0.1, 0.15) is 6.92 Å². The average molecular weight is 222 g/mol. The Balaban J connectivity index is 2.98. The van der Waals surface area contributed by atoms with Gasteiger partial charge in [0, 0.05) is 0 Å². The van der Waals surface area contributed by atoms with Crippen molar-refractivity contribution in [3.05, 3.63) is 83.3 Å². The van der Waals surface area contributed by atoms with Crippen LogP contribution in [0.4, 0.5) is 0 Å². The summed E-state index contributed by atoms with van der Waals surface area (Å²) in [5.41, 5.74) is 2.77. The van der Waals surface area contributed by atoms with Crippen LogP contribution in [0.15, 0.2) is 72.9 Å². The highest BCUT2D eigenvalue weighted by Crippen LogP contribution is 2.08. The Bertz CT molecular complexity index is 583. The molecule has 1 aromatic carbocycles. The highest BCUT2D eigenvalue weighted by Gasteiger charge is 1.92. The Morgan fingerprint density at radius 3 is 2.24 bits per heavy atom. The minimum absolute atomic E-state index is 0.885. The summed E-state index contributed by atoms with van der Waals surface area (Å²) in [5.74, 6) is 0. The molecular weight excluding hydrogens is 204 g/mol. The number of rotatable bonds is 4. The molecule has 0 fully saturated rings. The molecule has 0 saturated heterocycles. The third-order valence-electron chi connectivity index (χ3n) is 2.37. The number of benzene rings is 1. The molecule has 0 spiro atoms. The first-order valence-corrected chi connectivity index (χ1v) is 5.48. The second-order valence-corrected chi connectivity index (χ2v) is 4.07. The van der Waals surface area contributed by atoms with Gasteiger partial charge in [-0.05, 0) is 34.6 Å². The van der Waals surface area contributed by atoms with Gasteiger partial charge in [0.25, 0.3) is 0 Å². The van der Waals surface area contributed by atoms with Gasteiger partial charge in [-0.3, -0.25) is 0 Å². The first-order chi connectivity index (χ1) is 8.00. The predicted molar refractivity (Wildman–Crippen MR) is 77.9 cm³/mol. The molecule has 1 rings (SSSR count). The van der Waals surface area contributed by atoms with Gasteiger partial charge in [0.05, 0.1) is 0 Å². The summed E-state index contributed by atoms with van der Waals surface area (Å²) in [6.45, 7) is 17.7. The zero-order valence-corrected chi connectivity index (χ0v) is 10.4. The Hall–Kier alpha value is -2.08. The normalized spacial score (nSPS) is 11.7. The van der Waals surface area contributed by atoms with Crippen molar-refractivity contribution >= 4 is 12.7 Å². The molecule has 86 valence electrons. The van der Waals surface area contributed by atoms with Crippen molar-refractivity contribution < 1.29 is 0 Å². The zero-order valence-electron chi connectivity index (χ0n) is 10.4. The molecule has 17 heavy (non-hydrogen) atoms. The first-order valence-electron chi connectivity index (χ1n) is 5.48. The van der Waals surface area contributed by atoms with Gasteiger partial charge in [0.1, 0.15) is 0 Å². The third-order valence-corrected chi connectivity index (χ3v) is 2.37. The van der Waals surface area contributed by atoms with Crippen LogP contribution in [-0.2, 0) is 0 Å². The molecular formula is C17H18. The Labute approximate surface area is 103 Å². The second kappa shape index (κ2) is 5.86. The van der Waals surface area contributed by atoms with E-state index >= 15 is 0 Å². The van der Waals surface area contributed by atoms with E-state index in [0.29, 0.717) is 0 Å². The largest absolute Gasteiger partial charge is 0.0961 e. The summed E-state index contributed by atoms with van der Waals surface area (Å²) in [6, 6.07) is 7.95. The van der Waals surface area contributed by atoms with Crippen molar-refractivity contribution in [3.63, 3.8) is 0 Å². The van der Waals surface area contributed by atoms with Crippen LogP contribution in [0.3, 0.4) is 0 Å². The van der Waals surface area contributed by atoms with Crippen LogP contribution >= 0.6 is 0 Å². The molecule has 0 heterocycles. The number of hydrogen-bond donors (Lipinski definition) is 0. The van der Waals surface area contributed by atoms with Crippen molar-refractivity contribution in [1.82, 2.24) is 0 Å². The van der Waals surface area contributed by atoms with Gasteiger partial charge >= 0.3 is 0 Å². The summed E-state index contributed by atoms with van der Waals surface area (Å²) in [4.78, 5) is 0. The van der Waals surface area contributed by atoms with Crippen molar-refractivity contribution in [3.8, 4) is 0 Å². The predicted octanol–water partition coefficient (Wildman–Crippen LogP) is 3.12. The van der Waals surface area contributed by atoms with Crippen molar-refractivity contribution in [2.75, 3.05) is 0 Å². The molecule has 0 aliphatic rings. The average Bonchev–Trinajstić information content (AvgIpc) is 2.28. The van der Waals surface area contributed by atoms with Gasteiger partial charge in [-0.25, -0.2) is 0 Å². The number of hydrogen-bond acceptors (Lipinski definition) is 0. The Kier molecular flexibility index (Phi) is 4.47. The van der Waals surface area contributed by atoms with E-state index in [9.17, 15) is 0 Å². The van der Waals surface area contributed by atoms with E-state index in [-0.39, 0.29) is 0 Å². The molecule has 1 aromatic rings. The lowest BCUT2D eigenvalue weighted by Gasteiger charge is -1.99. The molecule has 0 N–H and O–H groups in total. The quantitative estimate of drug-likeness (QED) is 0.687. The van der Waals surface area contributed by atoms with Crippen molar-refractivity contribution in [2.24, 2.45) is 0 Å². The van der Waals surface area contributed by atoms with E-state index in [4.69, 9.17) is 0 Å².